The average Bonchev–Trinajstić information content (AvgIpc) is 2.78. The van der Waals surface area contributed by atoms with E-state index in [4.69, 9.17) is 16.2 Å². The molecule has 34 heavy (non-hydrogen) atoms. The highest BCUT2D eigenvalue weighted by Crippen LogP contribution is 2.39. The maximum atomic E-state index is 13.7. The van der Waals surface area contributed by atoms with Gasteiger partial charge in [0.25, 0.3) is 0 Å². The average molecular weight is 487 g/mol. The standard InChI is InChI=1S/C18H15F6N9O/c19-17(20,21)12-8(6-27-14(25)31-12)10-5-11(30-16(29-10)33-1-3-34-4-2-33)9-7-28-15(26)32-13(9)18(22,23)24/h5-7H,1-4H2,(H2,25,27,31)(H2,26,28,32). The summed E-state index contributed by atoms with van der Waals surface area (Å²) in [7, 11) is 0. The summed E-state index contributed by atoms with van der Waals surface area (Å²) in [4.78, 5) is 23.6. The smallest absolute Gasteiger partial charge is 0.378 e. The zero-order valence-electron chi connectivity index (χ0n) is 17.0. The molecule has 0 saturated carbocycles. The molecule has 4 heterocycles. The van der Waals surface area contributed by atoms with Gasteiger partial charge in [-0.3, -0.25) is 0 Å². The third-order valence-electron chi connectivity index (χ3n) is 4.71. The molecule has 10 nitrogen and oxygen atoms in total. The highest BCUT2D eigenvalue weighted by atomic mass is 19.4. The van der Waals surface area contributed by atoms with Gasteiger partial charge < -0.3 is 21.1 Å². The van der Waals surface area contributed by atoms with Crippen molar-refractivity contribution >= 4 is 17.8 Å². The van der Waals surface area contributed by atoms with Crippen molar-refractivity contribution in [3.05, 3.63) is 29.8 Å². The van der Waals surface area contributed by atoms with Gasteiger partial charge in [-0.25, -0.2) is 29.9 Å². The van der Waals surface area contributed by atoms with Gasteiger partial charge in [-0.15, -0.1) is 0 Å². The zero-order valence-corrected chi connectivity index (χ0v) is 17.0. The second kappa shape index (κ2) is 8.51. The number of alkyl halides is 6. The summed E-state index contributed by atoms with van der Waals surface area (Å²) in [6, 6.07) is 0.943. The fourth-order valence-corrected chi connectivity index (χ4v) is 3.21. The molecule has 1 fully saturated rings. The van der Waals surface area contributed by atoms with Crippen LogP contribution in [0, 0.1) is 0 Å². The molecule has 4 rings (SSSR count). The van der Waals surface area contributed by atoms with E-state index in [9.17, 15) is 26.3 Å². The minimum Gasteiger partial charge on any atom is -0.378 e. The molecular formula is C18H15F6N9O. The summed E-state index contributed by atoms with van der Waals surface area (Å²) in [5, 5.41) is 0. The molecule has 0 unspecified atom stereocenters. The van der Waals surface area contributed by atoms with Crippen molar-refractivity contribution in [3.8, 4) is 22.5 Å². The Morgan fingerprint density at radius 1 is 0.735 bits per heavy atom. The highest BCUT2D eigenvalue weighted by molar-refractivity contribution is 5.72. The molecule has 1 aliphatic rings. The van der Waals surface area contributed by atoms with Crippen LogP contribution in [0.1, 0.15) is 11.4 Å². The second-order valence-corrected chi connectivity index (χ2v) is 7.01. The van der Waals surface area contributed by atoms with Crippen LogP contribution in [0.5, 0.6) is 0 Å². The molecule has 180 valence electrons. The van der Waals surface area contributed by atoms with Crippen LogP contribution in [0.25, 0.3) is 22.5 Å². The second-order valence-electron chi connectivity index (χ2n) is 7.01. The highest BCUT2D eigenvalue weighted by Gasteiger charge is 2.39. The molecular weight excluding hydrogens is 472 g/mol. The van der Waals surface area contributed by atoms with E-state index in [1.807, 2.05) is 0 Å². The summed E-state index contributed by atoms with van der Waals surface area (Å²) in [6.45, 7) is 1.05. The van der Waals surface area contributed by atoms with Crippen LogP contribution in [0.3, 0.4) is 0 Å². The van der Waals surface area contributed by atoms with Gasteiger partial charge in [-0.1, -0.05) is 0 Å². The number of aromatic nitrogens is 6. The predicted molar refractivity (Wildman–Crippen MR) is 106 cm³/mol. The zero-order chi connectivity index (χ0) is 24.7. The Bertz CT molecular complexity index is 1130. The number of morpholine rings is 1. The van der Waals surface area contributed by atoms with Gasteiger partial charge in [-0.05, 0) is 6.07 Å². The number of halogens is 6. The minimum atomic E-state index is -4.95. The Balaban J connectivity index is 1.97. The molecule has 1 saturated heterocycles. The van der Waals surface area contributed by atoms with Crippen LogP contribution in [-0.4, -0.2) is 56.2 Å². The quantitative estimate of drug-likeness (QED) is 0.529. The Morgan fingerprint density at radius 2 is 1.18 bits per heavy atom. The Morgan fingerprint density at radius 3 is 1.59 bits per heavy atom. The summed E-state index contributed by atoms with van der Waals surface area (Å²) in [6.07, 6.45) is -8.30. The fraction of sp³-hybridized carbons (Fsp3) is 0.333. The first-order valence-electron chi connectivity index (χ1n) is 9.55. The number of hydrogen-bond donors (Lipinski definition) is 2. The van der Waals surface area contributed by atoms with E-state index in [1.54, 1.807) is 4.90 Å². The summed E-state index contributed by atoms with van der Waals surface area (Å²) >= 11 is 0. The van der Waals surface area contributed by atoms with E-state index < -0.39 is 46.8 Å². The molecule has 0 atom stereocenters. The van der Waals surface area contributed by atoms with Crippen molar-refractivity contribution < 1.29 is 31.1 Å². The van der Waals surface area contributed by atoms with Crippen LogP contribution in [0.15, 0.2) is 18.5 Å². The number of rotatable bonds is 3. The van der Waals surface area contributed by atoms with Gasteiger partial charge in [0.05, 0.1) is 24.6 Å². The van der Waals surface area contributed by atoms with E-state index >= 15 is 0 Å². The van der Waals surface area contributed by atoms with Gasteiger partial charge in [0.15, 0.2) is 11.4 Å². The van der Waals surface area contributed by atoms with Crippen LogP contribution in [0.2, 0.25) is 0 Å². The lowest BCUT2D eigenvalue weighted by atomic mass is 10.1. The van der Waals surface area contributed by atoms with Gasteiger partial charge >= 0.3 is 12.4 Å². The SMILES string of the molecule is Nc1ncc(-c2cc(-c3cnc(N)nc3C(F)(F)F)nc(N3CCOCC3)n2)c(C(F)(F)F)n1. The molecule has 0 aromatic carbocycles. The van der Waals surface area contributed by atoms with Crippen LogP contribution < -0.4 is 16.4 Å². The molecule has 0 aliphatic carbocycles. The first-order valence-corrected chi connectivity index (χ1v) is 9.55. The molecule has 1 aliphatic heterocycles. The number of nitrogen functional groups attached to an aromatic ring is 2. The number of ether oxygens (including phenoxy) is 1. The Labute approximate surface area is 187 Å². The van der Waals surface area contributed by atoms with E-state index in [1.165, 1.54) is 0 Å². The largest absolute Gasteiger partial charge is 0.434 e. The molecule has 0 bridgehead atoms. The van der Waals surface area contributed by atoms with Gasteiger partial charge in [0.2, 0.25) is 17.8 Å². The third kappa shape index (κ3) is 4.75. The topological polar surface area (TPSA) is 142 Å². The lowest BCUT2D eigenvalue weighted by molar-refractivity contribution is -0.141. The van der Waals surface area contributed by atoms with E-state index in [0.29, 0.717) is 0 Å². The maximum Gasteiger partial charge on any atom is 0.434 e. The summed E-state index contributed by atoms with van der Waals surface area (Å²) in [5.41, 5.74) is 5.91. The van der Waals surface area contributed by atoms with Crippen molar-refractivity contribution in [2.24, 2.45) is 0 Å². The molecule has 3 aromatic rings. The van der Waals surface area contributed by atoms with Gasteiger partial charge in [0, 0.05) is 36.6 Å². The summed E-state index contributed by atoms with van der Waals surface area (Å²) < 4.78 is 87.2. The Kier molecular flexibility index (Phi) is 5.84. The molecule has 0 radical (unpaired) electrons. The lowest BCUT2D eigenvalue weighted by Crippen LogP contribution is -2.37. The third-order valence-corrected chi connectivity index (χ3v) is 4.71. The number of nitrogens with zero attached hydrogens (tertiary/aromatic N) is 7. The predicted octanol–water partition coefficient (Wildman–Crippen LogP) is 2.43. The molecule has 4 N–H and O–H groups in total. The molecule has 0 spiro atoms. The normalized spacial score (nSPS) is 14.9. The molecule has 0 amide bonds. The minimum absolute atomic E-state index is 0.120. The van der Waals surface area contributed by atoms with Gasteiger partial charge in [-0.2, -0.15) is 26.3 Å². The number of hydrogen-bond acceptors (Lipinski definition) is 10. The molecule has 16 heteroatoms. The number of nitrogens with two attached hydrogens (primary N) is 2. The van der Waals surface area contributed by atoms with E-state index in [-0.39, 0.29) is 43.6 Å². The van der Waals surface area contributed by atoms with E-state index in [2.05, 4.69) is 29.9 Å². The van der Waals surface area contributed by atoms with Crippen molar-refractivity contribution in [2.75, 3.05) is 42.7 Å². The van der Waals surface area contributed by atoms with Crippen molar-refractivity contribution in [2.45, 2.75) is 12.4 Å². The first kappa shape index (κ1) is 23.3. The van der Waals surface area contributed by atoms with Crippen molar-refractivity contribution in [3.63, 3.8) is 0 Å². The number of anilines is 3. The lowest BCUT2D eigenvalue weighted by Gasteiger charge is -2.27. The Hall–Kier alpha value is -3.82. The van der Waals surface area contributed by atoms with Crippen molar-refractivity contribution in [1.29, 1.82) is 0 Å². The summed E-state index contributed by atoms with van der Waals surface area (Å²) in [5.74, 6) is -1.39. The van der Waals surface area contributed by atoms with Gasteiger partial charge in [0.1, 0.15) is 0 Å². The van der Waals surface area contributed by atoms with E-state index in [0.717, 1.165) is 18.5 Å². The molecule has 3 aromatic heterocycles. The van der Waals surface area contributed by atoms with Crippen molar-refractivity contribution in [1.82, 2.24) is 29.9 Å². The monoisotopic (exact) mass is 487 g/mol. The first-order chi connectivity index (χ1) is 15.9. The maximum absolute atomic E-state index is 13.7. The van der Waals surface area contributed by atoms with Crippen LogP contribution >= 0.6 is 0 Å². The van der Waals surface area contributed by atoms with Crippen LogP contribution in [-0.2, 0) is 17.1 Å². The van der Waals surface area contributed by atoms with Crippen LogP contribution in [0.4, 0.5) is 44.2 Å². The fourth-order valence-electron chi connectivity index (χ4n) is 3.21.